The monoisotopic (exact) mass is 332 g/mol. The maximum absolute atomic E-state index is 13.1. The van der Waals surface area contributed by atoms with Gasteiger partial charge in [0, 0.05) is 15.4 Å². The van der Waals surface area contributed by atoms with Crippen LogP contribution in [0.25, 0.3) is 11.1 Å². The predicted octanol–water partition coefficient (Wildman–Crippen LogP) is 5.69. The lowest BCUT2D eigenvalue weighted by molar-refractivity contribution is 0.627. The van der Waals surface area contributed by atoms with E-state index in [4.69, 9.17) is 23.2 Å². The number of rotatable bonds is 2. The van der Waals surface area contributed by atoms with E-state index in [-0.39, 0.29) is 5.82 Å². The van der Waals surface area contributed by atoms with Crippen molar-refractivity contribution < 1.29 is 4.39 Å². The van der Waals surface area contributed by atoms with Gasteiger partial charge in [-0.25, -0.2) is 4.39 Å². The highest BCUT2D eigenvalue weighted by Crippen LogP contribution is 2.30. The van der Waals surface area contributed by atoms with E-state index >= 15 is 0 Å². The van der Waals surface area contributed by atoms with Crippen molar-refractivity contribution in [3.8, 4) is 11.1 Å². The van der Waals surface area contributed by atoms with Crippen molar-refractivity contribution in [2.75, 3.05) is 0 Å². The fourth-order valence-electron chi connectivity index (χ4n) is 1.66. The van der Waals surface area contributed by atoms with Gasteiger partial charge in [-0.1, -0.05) is 45.2 Å². The second kappa shape index (κ2) is 5.38. The molecule has 0 aromatic heterocycles. The van der Waals surface area contributed by atoms with E-state index in [1.165, 1.54) is 12.1 Å². The van der Waals surface area contributed by atoms with Gasteiger partial charge in [-0.05, 0) is 47.0 Å². The molecule has 4 heteroatoms. The van der Waals surface area contributed by atoms with Crippen molar-refractivity contribution in [2.45, 2.75) is 5.33 Å². The van der Waals surface area contributed by atoms with Crippen LogP contribution in [0.2, 0.25) is 10.0 Å². The minimum absolute atomic E-state index is 0.253. The minimum atomic E-state index is -0.253. The molecule has 2 rings (SSSR count). The van der Waals surface area contributed by atoms with E-state index in [0.717, 1.165) is 16.7 Å². The Morgan fingerprint density at radius 2 is 1.65 bits per heavy atom. The van der Waals surface area contributed by atoms with Gasteiger partial charge in [0.2, 0.25) is 0 Å². The summed E-state index contributed by atoms with van der Waals surface area (Å²) in [4.78, 5) is 0. The molecule has 2 aromatic rings. The van der Waals surface area contributed by atoms with Gasteiger partial charge >= 0.3 is 0 Å². The lowest BCUT2D eigenvalue weighted by Gasteiger charge is -2.08. The van der Waals surface area contributed by atoms with E-state index in [0.29, 0.717) is 15.4 Å². The number of hydrogen-bond donors (Lipinski definition) is 0. The van der Waals surface area contributed by atoms with Gasteiger partial charge in [-0.15, -0.1) is 0 Å². The van der Waals surface area contributed by atoms with E-state index in [9.17, 15) is 4.39 Å². The molecule has 0 atom stereocenters. The van der Waals surface area contributed by atoms with Gasteiger partial charge in [-0.2, -0.15) is 0 Å². The van der Waals surface area contributed by atoms with Crippen LogP contribution in [0.3, 0.4) is 0 Å². The van der Waals surface area contributed by atoms with Gasteiger partial charge < -0.3 is 0 Å². The van der Waals surface area contributed by atoms with E-state index in [1.807, 2.05) is 12.1 Å². The zero-order valence-electron chi connectivity index (χ0n) is 8.68. The second-order valence-corrected chi connectivity index (χ2v) is 5.03. The molecule has 0 heterocycles. The van der Waals surface area contributed by atoms with Gasteiger partial charge in [0.15, 0.2) is 0 Å². The molecule has 0 unspecified atom stereocenters. The van der Waals surface area contributed by atoms with Gasteiger partial charge in [-0.3, -0.25) is 0 Å². The fraction of sp³-hybridized carbons (Fsp3) is 0.0769. The Labute approximate surface area is 117 Å². The third-order valence-electron chi connectivity index (χ3n) is 2.38. The molecule has 0 fully saturated rings. The van der Waals surface area contributed by atoms with Gasteiger partial charge in [0.05, 0.1) is 0 Å². The third-order valence-corrected chi connectivity index (χ3v) is 3.43. The molecular weight excluding hydrogens is 326 g/mol. The molecule has 0 aliphatic heterocycles. The highest BCUT2D eigenvalue weighted by atomic mass is 79.9. The van der Waals surface area contributed by atoms with Gasteiger partial charge in [0.25, 0.3) is 0 Å². The molecule has 0 spiro atoms. The fourth-order valence-corrected chi connectivity index (χ4v) is 2.65. The minimum Gasteiger partial charge on any atom is -0.207 e. The van der Waals surface area contributed by atoms with Crippen molar-refractivity contribution >= 4 is 39.1 Å². The summed E-state index contributed by atoms with van der Waals surface area (Å²) in [5, 5.41) is 1.71. The van der Waals surface area contributed by atoms with Crippen LogP contribution in [-0.2, 0) is 5.33 Å². The van der Waals surface area contributed by atoms with Crippen LogP contribution >= 0.6 is 39.1 Å². The summed E-state index contributed by atoms with van der Waals surface area (Å²) in [7, 11) is 0. The average molecular weight is 334 g/mol. The van der Waals surface area contributed by atoms with Crippen molar-refractivity contribution in [3.05, 3.63) is 57.8 Å². The van der Waals surface area contributed by atoms with Crippen LogP contribution < -0.4 is 0 Å². The summed E-state index contributed by atoms with van der Waals surface area (Å²) < 4.78 is 13.1. The molecule has 0 aliphatic rings. The molecule has 0 amide bonds. The van der Waals surface area contributed by atoms with Crippen LogP contribution in [0.1, 0.15) is 5.56 Å². The first kappa shape index (κ1) is 12.9. The summed E-state index contributed by atoms with van der Waals surface area (Å²) in [5.74, 6) is -0.253. The molecule has 0 aliphatic carbocycles. The lowest BCUT2D eigenvalue weighted by atomic mass is 10.0. The quantitative estimate of drug-likeness (QED) is 0.619. The van der Waals surface area contributed by atoms with Crippen LogP contribution in [-0.4, -0.2) is 0 Å². The summed E-state index contributed by atoms with van der Waals surface area (Å²) in [6.45, 7) is 0. The van der Waals surface area contributed by atoms with Crippen LogP contribution in [0.4, 0.5) is 4.39 Å². The summed E-state index contributed by atoms with van der Waals surface area (Å²) >= 11 is 15.3. The number of halogens is 4. The summed E-state index contributed by atoms with van der Waals surface area (Å²) in [6.07, 6.45) is 0. The van der Waals surface area contributed by atoms with Crippen LogP contribution in [0.15, 0.2) is 36.4 Å². The molecule has 0 bridgehead atoms. The van der Waals surface area contributed by atoms with E-state index < -0.39 is 0 Å². The maximum Gasteiger partial charge on any atom is 0.123 e. The molecular formula is C13H8BrCl2F. The first-order valence-electron chi connectivity index (χ1n) is 4.91. The zero-order chi connectivity index (χ0) is 12.4. The second-order valence-electron chi connectivity index (χ2n) is 3.59. The maximum atomic E-state index is 13.1. The van der Waals surface area contributed by atoms with Crippen molar-refractivity contribution in [1.82, 2.24) is 0 Å². The zero-order valence-corrected chi connectivity index (χ0v) is 11.8. The summed E-state index contributed by atoms with van der Waals surface area (Å²) in [6, 6.07) is 9.95. The number of hydrogen-bond acceptors (Lipinski definition) is 0. The Morgan fingerprint density at radius 3 is 2.24 bits per heavy atom. The highest BCUT2D eigenvalue weighted by molar-refractivity contribution is 9.08. The Morgan fingerprint density at radius 1 is 1.00 bits per heavy atom. The molecule has 2 aromatic carbocycles. The average Bonchev–Trinajstić information content (AvgIpc) is 2.27. The molecule has 0 nitrogen and oxygen atoms in total. The SMILES string of the molecule is Fc1ccc(-c2cc(Cl)cc(Cl)c2)c(CBr)c1. The van der Waals surface area contributed by atoms with E-state index in [2.05, 4.69) is 15.9 Å². The van der Waals surface area contributed by atoms with Crippen molar-refractivity contribution in [2.24, 2.45) is 0 Å². The summed E-state index contributed by atoms with van der Waals surface area (Å²) in [5.41, 5.74) is 2.67. The Kier molecular flexibility index (Phi) is 4.08. The Bertz CT molecular complexity index is 535. The Hall–Kier alpha value is -0.570. The standard InChI is InChI=1S/C13H8BrCl2F/c14-7-9-5-12(17)1-2-13(9)8-3-10(15)6-11(16)4-8/h1-6H,7H2. The Balaban J connectivity index is 2.59. The number of alkyl halides is 1. The largest absolute Gasteiger partial charge is 0.207 e. The van der Waals surface area contributed by atoms with Gasteiger partial charge in [0.1, 0.15) is 5.82 Å². The molecule has 0 N–H and O–H groups in total. The third kappa shape index (κ3) is 3.01. The number of benzene rings is 2. The molecule has 17 heavy (non-hydrogen) atoms. The highest BCUT2D eigenvalue weighted by Gasteiger charge is 2.07. The normalized spacial score (nSPS) is 10.6. The first-order valence-corrected chi connectivity index (χ1v) is 6.79. The smallest absolute Gasteiger partial charge is 0.123 e. The molecule has 0 saturated carbocycles. The lowest BCUT2D eigenvalue weighted by Crippen LogP contribution is -1.88. The van der Waals surface area contributed by atoms with Crippen molar-refractivity contribution in [3.63, 3.8) is 0 Å². The topological polar surface area (TPSA) is 0 Å². The molecule has 0 saturated heterocycles. The van der Waals surface area contributed by atoms with Crippen LogP contribution in [0.5, 0.6) is 0 Å². The van der Waals surface area contributed by atoms with Crippen LogP contribution in [0, 0.1) is 5.82 Å². The van der Waals surface area contributed by atoms with Crippen molar-refractivity contribution in [1.29, 1.82) is 0 Å². The molecule has 0 radical (unpaired) electrons. The first-order chi connectivity index (χ1) is 8.10. The van der Waals surface area contributed by atoms with E-state index in [1.54, 1.807) is 12.1 Å². The molecule has 88 valence electrons. The predicted molar refractivity (Wildman–Crippen MR) is 74.5 cm³/mol.